The van der Waals surface area contributed by atoms with Crippen LogP contribution in [0.2, 0.25) is 0 Å². The summed E-state index contributed by atoms with van der Waals surface area (Å²) in [5.74, 6) is -1.67. The number of hydrogen-bond donors (Lipinski definition) is 0. The van der Waals surface area contributed by atoms with Crippen molar-refractivity contribution in [3.8, 4) is 5.75 Å². The number of piperidine rings is 1. The van der Waals surface area contributed by atoms with Gasteiger partial charge in [0.25, 0.3) is 5.91 Å². The second kappa shape index (κ2) is 9.95. The van der Waals surface area contributed by atoms with E-state index >= 15 is 0 Å². The third-order valence-corrected chi connectivity index (χ3v) is 9.04. The molecular weight excluding hydrogens is 512 g/mol. The number of sulfone groups is 1. The summed E-state index contributed by atoms with van der Waals surface area (Å²) in [6, 6.07) is 9.65. The van der Waals surface area contributed by atoms with E-state index in [1.165, 1.54) is 49.1 Å². The van der Waals surface area contributed by atoms with Gasteiger partial charge >= 0.3 is 12.5 Å². The molecule has 0 radical (unpaired) electrons. The van der Waals surface area contributed by atoms with E-state index in [2.05, 4.69) is 4.74 Å². The lowest BCUT2D eigenvalue weighted by atomic mass is 9.85. The van der Waals surface area contributed by atoms with Crippen LogP contribution in [-0.4, -0.2) is 49.6 Å². The Morgan fingerprint density at radius 3 is 2.17 bits per heavy atom. The van der Waals surface area contributed by atoms with Crippen molar-refractivity contribution in [1.29, 1.82) is 0 Å². The molecule has 1 fully saturated rings. The van der Waals surface area contributed by atoms with Crippen LogP contribution in [0.3, 0.4) is 0 Å². The standard InChI is InChI=1S/C24H25F6NO4S/c1-22(2,36(33,34)19-8-5-7-18(14-19)35-24(28,29)30)17-10-12-31(13-11-17)21(32)20-9-4-3-6-16(20)15-23(25,26)27/h3-9,14,17H,10-13,15H2,1-2H3. The fraction of sp³-hybridized carbons (Fsp3) is 0.458. The van der Waals surface area contributed by atoms with E-state index < -0.39 is 51.1 Å². The van der Waals surface area contributed by atoms with Gasteiger partial charge in [0.15, 0.2) is 9.84 Å². The van der Waals surface area contributed by atoms with E-state index in [1.807, 2.05) is 0 Å². The highest BCUT2D eigenvalue weighted by Gasteiger charge is 2.45. The third-order valence-electron chi connectivity index (χ3n) is 6.45. The summed E-state index contributed by atoms with van der Waals surface area (Å²) >= 11 is 0. The second-order valence-corrected chi connectivity index (χ2v) is 11.7. The first-order chi connectivity index (χ1) is 16.5. The minimum atomic E-state index is -4.98. The molecule has 0 bridgehead atoms. The van der Waals surface area contributed by atoms with Crippen LogP contribution in [0.4, 0.5) is 26.3 Å². The molecule has 1 amide bonds. The summed E-state index contributed by atoms with van der Waals surface area (Å²) in [6.45, 7) is 3.20. The summed E-state index contributed by atoms with van der Waals surface area (Å²) in [5.41, 5.74) is -0.192. The van der Waals surface area contributed by atoms with Gasteiger partial charge in [0.1, 0.15) is 5.75 Å². The highest BCUT2D eigenvalue weighted by Crippen LogP contribution is 2.39. The first-order valence-corrected chi connectivity index (χ1v) is 12.5. The summed E-state index contributed by atoms with van der Waals surface area (Å²) in [5, 5.41) is 0. The lowest BCUT2D eigenvalue weighted by Crippen LogP contribution is -2.47. The molecule has 36 heavy (non-hydrogen) atoms. The van der Waals surface area contributed by atoms with Crippen LogP contribution in [-0.2, 0) is 16.3 Å². The predicted octanol–water partition coefficient (Wildman–Crippen LogP) is 5.79. The molecule has 0 N–H and O–H groups in total. The summed E-state index contributed by atoms with van der Waals surface area (Å²) in [4.78, 5) is 14.0. The maximum absolute atomic E-state index is 13.4. The fourth-order valence-corrected chi connectivity index (χ4v) is 6.22. The zero-order chi connectivity index (χ0) is 26.9. The number of alkyl halides is 6. The van der Waals surface area contributed by atoms with Crippen molar-refractivity contribution in [3.05, 3.63) is 59.7 Å². The Morgan fingerprint density at radius 2 is 1.58 bits per heavy atom. The van der Waals surface area contributed by atoms with Gasteiger partial charge < -0.3 is 9.64 Å². The molecule has 2 aromatic carbocycles. The molecule has 1 heterocycles. The first-order valence-electron chi connectivity index (χ1n) is 11.1. The Labute approximate surface area is 205 Å². The molecule has 0 saturated carbocycles. The van der Waals surface area contributed by atoms with Crippen molar-refractivity contribution in [2.24, 2.45) is 5.92 Å². The van der Waals surface area contributed by atoms with Gasteiger partial charge in [0.2, 0.25) is 0 Å². The Hall–Kier alpha value is -2.76. The van der Waals surface area contributed by atoms with E-state index in [0.29, 0.717) is 0 Å². The minimum Gasteiger partial charge on any atom is -0.406 e. The number of nitrogens with zero attached hydrogens (tertiary/aromatic N) is 1. The maximum Gasteiger partial charge on any atom is 0.573 e. The molecular formula is C24H25F6NO4S. The van der Waals surface area contributed by atoms with Crippen LogP contribution in [0, 0.1) is 5.92 Å². The van der Waals surface area contributed by atoms with Crippen molar-refractivity contribution in [2.45, 2.75) is 55.3 Å². The van der Waals surface area contributed by atoms with E-state index in [-0.39, 0.29) is 42.0 Å². The average molecular weight is 538 g/mol. The maximum atomic E-state index is 13.4. The van der Waals surface area contributed by atoms with Crippen molar-refractivity contribution >= 4 is 15.7 Å². The Bertz CT molecular complexity index is 1200. The predicted molar refractivity (Wildman–Crippen MR) is 119 cm³/mol. The van der Waals surface area contributed by atoms with E-state index in [0.717, 1.165) is 18.2 Å². The Balaban J connectivity index is 1.75. The van der Waals surface area contributed by atoms with Gasteiger partial charge in [-0.1, -0.05) is 24.3 Å². The first kappa shape index (κ1) is 27.8. The SMILES string of the molecule is CC(C)(C1CCN(C(=O)c2ccccc2CC(F)(F)F)CC1)S(=O)(=O)c1cccc(OC(F)(F)F)c1. The van der Waals surface area contributed by atoms with Gasteiger partial charge in [0, 0.05) is 18.7 Å². The van der Waals surface area contributed by atoms with Gasteiger partial charge in [0.05, 0.1) is 16.1 Å². The largest absolute Gasteiger partial charge is 0.573 e. The molecule has 0 atom stereocenters. The molecule has 12 heteroatoms. The summed E-state index contributed by atoms with van der Waals surface area (Å²) in [6.07, 6.45) is -10.2. The average Bonchev–Trinajstić information content (AvgIpc) is 2.77. The molecule has 5 nitrogen and oxygen atoms in total. The van der Waals surface area contributed by atoms with Crippen molar-refractivity contribution in [3.63, 3.8) is 0 Å². The number of ether oxygens (including phenoxy) is 1. The lowest BCUT2D eigenvalue weighted by Gasteiger charge is -2.40. The quantitative estimate of drug-likeness (QED) is 0.438. The van der Waals surface area contributed by atoms with E-state index in [1.54, 1.807) is 0 Å². The number of halogens is 6. The van der Waals surface area contributed by atoms with Gasteiger partial charge in [-0.15, -0.1) is 13.2 Å². The molecule has 0 aliphatic carbocycles. The van der Waals surface area contributed by atoms with E-state index in [4.69, 9.17) is 0 Å². The third kappa shape index (κ3) is 6.32. The minimum absolute atomic E-state index is 0.0540. The normalized spacial score (nSPS) is 16.2. The molecule has 0 spiro atoms. The lowest BCUT2D eigenvalue weighted by molar-refractivity contribution is -0.274. The monoisotopic (exact) mass is 537 g/mol. The molecule has 1 saturated heterocycles. The number of rotatable bonds is 6. The van der Waals surface area contributed by atoms with E-state index in [9.17, 15) is 39.6 Å². The van der Waals surface area contributed by atoms with Gasteiger partial charge in [-0.25, -0.2) is 8.42 Å². The van der Waals surface area contributed by atoms with Crippen LogP contribution in [0.15, 0.2) is 53.4 Å². The molecule has 198 valence electrons. The zero-order valence-electron chi connectivity index (χ0n) is 19.5. The van der Waals surface area contributed by atoms with Gasteiger partial charge in [-0.3, -0.25) is 4.79 Å². The number of carbonyl (C=O) groups excluding carboxylic acids is 1. The highest BCUT2D eigenvalue weighted by molar-refractivity contribution is 7.92. The number of benzene rings is 2. The zero-order valence-corrected chi connectivity index (χ0v) is 20.3. The number of amides is 1. The van der Waals surface area contributed by atoms with Crippen LogP contribution in [0.5, 0.6) is 5.75 Å². The number of likely N-dealkylation sites (tertiary alicyclic amines) is 1. The van der Waals surface area contributed by atoms with Crippen molar-refractivity contribution in [1.82, 2.24) is 4.90 Å². The molecule has 1 aliphatic heterocycles. The topological polar surface area (TPSA) is 63.7 Å². The molecule has 0 unspecified atom stereocenters. The highest BCUT2D eigenvalue weighted by atomic mass is 32.2. The summed E-state index contributed by atoms with van der Waals surface area (Å²) < 4.78 is 106. The smallest absolute Gasteiger partial charge is 0.406 e. The fourth-order valence-electron chi connectivity index (χ4n) is 4.41. The molecule has 3 rings (SSSR count). The second-order valence-electron chi connectivity index (χ2n) is 9.15. The molecule has 1 aliphatic rings. The van der Waals surface area contributed by atoms with Crippen LogP contribution >= 0.6 is 0 Å². The van der Waals surface area contributed by atoms with Gasteiger partial charge in [-0.05, 0) is 62.4 Å². The van der Waals surface area contributed by atoms with Crippen molar-refractivity contribution < 1.29 is 44.3 Å². The number of carbonyl (C=O) groups is 1. The Morgan fingerprint density at radius 1 is 0.972 bits per heavy atom. The number of hydrogen-bond acceptors (Lipinski definition) is 4. The Kier molecular flexibility index (Phi) is 7.69. The van der Waals surface area contributed by atoms with Crippen LogP contribution in [0.1, 0.15) is 42.6 Å². The van der Waals surface area contributed by atoms with Crippen molar-refractivity contribution in [2.75, 3.05) is 13.1 Å². The molecule has 2 aromatic rings. The van der Waals surface area contributed by atoms with Crippen LogP contribution in [0.25, 0.3) is 0 Å². The summed E-state index contributed by atoms with van der Waals surface area (Å²) in [7, 11) is -4.11. The molecule has 0 aromatic heterocycles. The van der Waals surface area contributed by atoms with Crippen LogP contribution < -0.4 is 4.74 Å². The van der Waals surface area contributed by atoms with Gasteiger partial charge in [-0.2, -0.15) is 13.2 Å².